The molecule has 1 aliphatic heterocycles. The van der Waals surface area contributed by atoms with Crippen LogP contribution in [-0.2, 0) is 14.9 Å². The second-order valence-corrected chi connectivity index (χ2v) is 8.20. The number of unbranched alkanes of at least 4 members (excludes halogenated alkanes) is 4. The molecule has 0 saturated carbocycles. The Hall–Kier alpha value is -0.130. The van der Waals surface area contributed by atoms with Crippen LogP contribution in [0.3, 0.4) is 0 Å². The van der Waals surface area contributed by atoms with Crippen LogP contribution in [0.2, 0.25) is 0 Å². The maximum atomic E-state index is 12.6. The number of aliphatic hydroxyl groups excluding tert-OH is 2. The molecule has 1 aliphatic rings. The monoisotopic (exact) mass is 413 g/mol. The standard InChI is InChI=1S/C17H30N2O6S.Na/c1-2-3-4-5-6-7-8-16(22)17-18-9-10-19(17,11-12-20)13-15(21)14-26(23,24)25;/h2,15,20-21H,1,3-14H2;/q;+1. The zero-order valence-corrected chi connectivity index (χ0v) is 19.0. The molecule has 8 nitrogen and oxygen atoms in total. The second kappa shape index (κ2) is 13.2. The molecular weight excluding hydrogens is 383 g/mol. The predicted octanol–water partition coefficient (Wildman–Crippen LogP) is -2.79. The number of hydrogen-bond acceptors (Lipinski definition) is 7. The van der Waals surface area contributed by atoms with Gasteiger partial charge in [0.25, 0.3) is 5.84 Å². The molecule has 0 radical (unpaired) electrons. The molecule has 0 fully saturated rings. The number of rotatable bonds is 14. The first-order valence-corrected chi connectivity index (χ1v) is 10.6. The summed E-state index contributed by atoms with van der Waals surface area (Å²) in [6, 6.07) is 0. The van der Waals surface area contributed by atoms with Crippen LogP contribution in [0, 0.1) is 0 Å². The molecule has 10 heteroatoms. The van der Waals surface area contributed by atoms with Crippen LogP contribution in [0.15, 0.2) is 17.6 Å². The van der Waals surface area contributed by atoms with Crippen LogP contribution >= 0.6 is 0 Å². The van der Waals surface area contributed by atoms with Crippen LogP contribution in [-0.4, -0.2) is 83.9 Å². The van der Waals surface area contributed by atoms with Gasteiger partial charge in [-0.2, -0.15) is 0 Å². The van der Waals surface area contributed by atoms with Gasteiger partial charge in [0.15, 0.2) is 0 Å². The Labute approximate surface area is 184 Å². The molecule has 0 aliphatic carbocycles. The molecule has 1 rings (SSSR count). The molecule has 0 aromatic carbocycles. The number of Topliss-reactive ketones (excluding diaryl/α,β-unsaturated/α-hetero) is 1. The first-order chi connectivity index (χ1) is 12.2. The third kappa shape index (κ3) is 9.76. The number of hydrogen-bond donors (Lipinski definition) is 2. The molecule has 0 saturated heterocycles. The van der Waals surface area contributed by atoms with Crippen molar-refractivity contribution < 1.29 is 62.0 Å². The SMILES string of the molecule is C=CCCCCCCC(=O)C1=NCC[N+]1(CCO)CC(O)CS(=O)(=O)[O-].[Na+]. The molecule has 0 bridgehead atoms. The maximum absolute atomic E-state index is 12.6. The van der Waals surface area contributed by atoms with E-state index in [1.165, 1.54) is 0 Å². The fourth-order valence-electron chi connectivity index (χ4n) is 3.37. The Morgan fingerprint density at radius 3 is 2.59 bits per heavy atom. The average molecular weight is 413 g/mol. The van der Waals surface area contributed by atoms with Gasteiger partial charge in [0.1, 0.15) is 25.7 Å². The van der Waals surface area contributed by atoms with E-state index in [9.17, 15) is 28.0 Å². The summed E-state index contributed by atoms with van der Waals surface area (Å²) in [5.41, 5.74) is 0. The predicted molar refractivity (Wildman–Crippen MR) is 97.7 cm³/mol. The number of carbonyl (C=O) groups is 1. The fourth-order valence-corrected chi connectivity index (χ4v) is 3.94. The quantitative estimate of drug-likeness (QED) is 0.104. The molecule has 0 aromatic heterocycles. The van der Waals surface area contributed by atoms with E-state index in [0.717, 1.165) is 32.1 Å². The van der Waals surface area contributed by atoms with Gasteiger partial charge in [0, 0.05) is 6.42 Å². The second-order valence-electron chi connectivity index (χ2n) is 6.75. The Kier molecular flexibility index (Phi) is 13.1. The van der Waals surface area contributed by atoms with E-state index in [2.05, 4.69) is 11.6 Å². The van der Waals surface area contributed by atoms with Gasteiger partial charge in [-0.1, -0.05) is 18.9 Å². The summed E-state index contributed by atoms with van der Waals surface area (Å²) in [5.74, 6) is -0.784. The van der Waals surface area contributed by atoms with Crippen LogP contribution in [0.4, 0.5) is 0 Å². The van der Waals surface area contributed by atoms with Crippen molar-refractivity contribution in [1.82, 2.24) is 0 Å². The van der Waals surface area contributed by atoms with Crippen molar-refractivity contribution in [2.24, 2.45) is 4.99 Å². The van der Waals surface area contributed by atoms with Gasteiger partial charge in [0.05, 0.1) is 29.0 Å². The summed E-state index contributed by atoms with van der Waals surface area (Å²) >= 11 is 0. The van der Waals surface area contributed by atoms with Crippen molar-refractivity contribution in [3.05, 3.63) is 12.7 Å². The van der Waals surface area contributed by atoms with Crippen LogP contribution in [0.1, 0.15) is 38.5 Å². The van der Waals surface area contributed by atoms with Gasteiger partial charge in [0.2, 0.25) is 5.78 Å². The number of ketones is 1. The van der Waals surface area contributed by atoms with E-state index in [-0.39, 0.29) is 65.4 Å². The summed E-state index contributed by atoms with van der Waals surface area (Å²) < 4.78 is 32.5. The number of aliphatic imine (C=N–C) groups is 1. The van der Waals surface area contributed by atoms with E-state index >= 15 is 0 Å². The van der Waals surface area contributed by atoms with Gasteiger partial charge in [-0.05, 0) is 19.3 Å². The molecule has 2 unspecified atom stereocenters. The van der Waals surface area contributed by atoms with Gasteiger partial charge < -0.3 is 14.8 Å². The first kappa shape index (κ1) is 26.9. The molecular formula is C17H30N2NaO6S+. The van der Waals surface area contributed by atoms with E-state index < -0.39 is 22.0 Å². The Balaban J connectivity index is 0.00000676. The normalized spacial score (nSPS) is 20.6. The smallest absolute Gasteiger partial charge is 0.748 e. The molecule has 2 N–H and O–H groups in total. The van der Waals surface area contributed by atoms with Crippen molar-refractivity contribution in [3.8, 4) is 0 Å². The Morgan fingerprint density at radius 1 is 1.33 bits per heavy atom. The van der Waals surface area contributed by atoms with Crippen LogP contribution in [0.25, 0.3) is 0 Å². The van der Waals surface area contributed by atoms with Crippen molar-refractivity contribution in [3.63, 3.8) is 0 Å². The number of amidine groups is 1. The average Bonchev–Trinajstić information content (AvgIpc) is 2.92. The van der Waals surface area contributed by atoms with Crippen molar-refractivity contribution >= 4 is 21.7 Å². The molecule has 1 heterocycles. The zero-order valence-electron chi connectivity index (χ0n) is 16.2. The molecule has 150 valence electrons. The van der Waals surface area contributed by atoms with Gasteiger partial charge in [-0.15, -0.1) is 6.58 Å². The summed E-state index contributed by atoms with van der Waals surface area (Å²) in [7, 11) is -4.57. The van der Waals surface area contributed by atoms with E-state index in [1.54, 1.807) is 0 Å². The third-order valence-corrected chi connectivity index (χ3v) is 5.33. The van der Waals surface area contributed by atoms with E-state index in [0.29, 0.717) is 19.5 Å². The van der Waals surface area contributed by atoms with E-state index in [1.807, 2.05) is 6.08 Å². The number of quaternary nitrogens is 1. The van der Waals surface area contributed by atoms with Crippen molar-refractivity contribution in [1.29, 1.82) is 0 Å². The van der Waals surface area contributed by atoms with E-state index in [4.69, 9.17) is 0 Å². The minimum Gasteiger partial charge on any atom is -0.748 e. The van der Waals surface area contributed by atoms with Crippen molar-refractivity contribution in [2.45, 2.75) is 44.6 Å². The molecule has 0 spiro atoms. The topological polar surface area (TPSA) is 127 Å². The van der Waals surface area contributed by atoms with Crippen molar-refractivity contribution in [2.75, 3.05) is 38.5 Å². The molecule has 0 amide bonds. The van der Waals surface area contributed by atoms with Crippen LogP contribution < -0.4 is 29.6 Å². The van der Waals surface area contributed by atoms with Gasteiger partial charge in [-0.3, -0.25) is 9.28 Å². The minimum atomic E-state index is -4.57. The summed E-state index contributed by atoms with van der Waals surface area (Å²) in [6.45, 7) is 4.24. The third-order valence-electron chi connectivity index (χ3n) is 4.54. The van der Waals surface area contributed by atoms with Gasteiger partial charge >= 0.3 is 29.6 Å². The molecule has 27 heavy (non-hydrogen) atoms. The van der Waals surface area contributed by atoms with Gasteiger partial charge in [-0.25, -0.2) is 13.4 Å². The number of carbonyl (C=O) groups excluding carboxylic acids is 1. The summed E-state index contributed by atoms with van der Waals surface area (Å²) in [5, 5.41) is 19.4. The first-order valence-electron chi connectivity index (χ1n) is 9.02. The largest absolute Gasteiger partial charge is 1.00 e. The number of allylic oxidation sites excluding steroid dienone is 1. The summed E-state index contributed by atoms with van der Waals surface area (Å²) in [4.78, 5) is 16.8. The number of aliphatic hydroxyl groups is 2. The Morgan fingerprint density at radius 2 is 2.00 bits per heavy atom. The molecule has 2 atom stereocenters. The van der Waals surface area contributed by atoms with Crippen LogP contribution in [0.5, 0.6) is 0 Å². The maximum Gasteiger partial charge on any atom is 1.00 e. The zero-order chi connectivity index (χ0) is 19.6. The fraction of sp³-hybridized carbons (Fsp3) is 0.765. The minimum absolute atomic E-state index is 0. The Bertz CT molecular complexity index is 611. The molecule has 0 aromatic rings. The number of nitrogens with zero attached hydrogens (tertiary/aromatic N) is 2. The summed E-state index contributed by atoms with van der Waals surface area (Å²) in [6.07, 6.45) is 5.45.